The number of carbonyl (C=O) groups is 1. The number of para-hydroxylation sites is 2. The molecular formula is C19H23N5O2. The molecule has 3 N–H and O–H groups in total. The number of rotatable bonds is 2. The Kier molecular flexibility index (Phi) is 5.27. The first-order valence-electron chi connectivity index (χ1n) is 8.67. The molecule has 0 radical (unpaired) electrons. The molecule has 0 saturated heterocycles. The summed E-state index contributed by atoms with van der Waals surface area (Å²) in [7, 11) is 0. The average Bonchev–Trinajstić information content (AvgIpc) is 3.22. The third kappa shape index (κ3) is 3.88. The van der Waals surface area contributed by atoms with Crippen molar-refractivity contribution in [3.05, 3.63) is 42.4 Å². The third-order valence-corrected chi connectivity index (χ3v) is 4.46. The molecule has 2 heterocycles. The first-order chi connectivity index (χ1) is 12.5. The highest BCUT2D eigenvalue weighted by molar-refractivity contribution is 5.77. The Hall–Kier alpha value is -2.80. The van der Waals surface area contributed by atoms with Gasteiger partial charge >= 0.3 is 0 Å². The number of nitrogens with two attached hydrogens (primary N) is 1. The highest BCUT2D eigenvalue weighted by atomic mass is 16.4. The number of hydrogen-bond acceptors (Lipinski definition) is 5. The van der Waals surface area contributed by atoms with Crippen LogP contribution in [0.2, 0.25) is 0 Å². The number of nitrogens with zero attached hydrogens (tertiary/aromatic N) is 4. The van der Waals surface area contributed by atoms with E-state index in [0.717, 1.165) is 54.4 Å². The Morgan fingerprint density at radius 2 is 1.88 bits per heavy atom. The Labute approximate surface area is 151 Å². The van der Waals surface area contributed by atoms with Gasteiger partial charge in [0.15, 0.2) is 5.82 Å². The van der Waals surface area contributed by atoms with Gasteiger partial charge in [0.25, 0.3) is 5.97 Å². The van der Waals surface area contributed by atoms with E-state index >= 15 is 0 Å². The molecule has 0 aliphatic heterocycles. The zero-order valence-corrected chi connectivity index (χ0v) is 15.0. The zero-order valence-electron chi connectivity index (χ0n) is 15.0. The van der Waals surface area contributed by atoms with Crippen LogP contribution in [-0.2, 0) is 4.79 Å². The molecule has 2 aromatic heterocycles. The van der Waals surface area contributed by atoms with Crippen LogP contribution in [0.1, 0.15) is 37.9 Å². The lowest BCUT2D eigenvalue weighted by molar-refractivity contribution is -0.134. The first kappa shape index (κ1) is 18.0. The van der Waals surface area contributed by atoms with Gasteiger partial charge in [-0.25, -0.2) is 15.0 Å². The topological polar surface area (TPSA) is 107 Å². The minimum atomic E-state index is -0.833. The molecule has 0 unspecified atom stereocenters. The van der Waals surface area contributed by atoms with Crippen molar-refractivity contribution in [1.29, 1.82) is 0 Å². The van der Waals surface area contributed by atoms with E-state index in [1.54, 1.807) is 0 Å². The summed E-state index contributed by atoms with van der Waals surface area (Å²) < 4.78 is 2.22. The molecule has 0 spiro atoms. The second-order valence-electron chi connectivity index (χ2n) is 6.55. The van der Waals surface area contributed by atoms with E-state index < -0.39 is 5.97 Å². The van der Waals surface area contributed by atoms with Crippen LogP contribution in [-0.4, -0.2) is 36.6 Å². The molecule has 0 bridgehead atoms. The summed E-state index contributed by atoms with van der Waals surface area (Å²) in [6.45, 7) is 3.08. The lowest BCUT2D eigenvalue weighted by Gasteiger charge is -2.16. The lowest BCUT2D eigenvalue weighted by atomic mass is 10.2. The van der Waals surface area contributed by atoms with Gasteiger partial charge in [0.2, 0.25) is 0 Å². The van der Waals surface area contributed by atoms with E-state index in [-0.39, 0.29) is 0 Å². The third-order valence-electron chi connectivity index (χ3n) is 4.46. The molecule has 7 heteroatoms. The van der Waals surface area contributed by atoms with Crippen LogP contribution >= 0.6 is 0 Å². The molecule has 1 aromatic carbocycles. The normalized spacial score (nSPS) is 19.2. The summed E-state index contributed by atoms with van der Waals surface area (Å²) in [5, 5.41) is 7.42. The summed E-state index contributed by atoms with van der Waals surface area (Å²) in [4.78, 5) is 23.0. The second kappa shape index (κ2) is 7.61. The molecule has 136 valence electrons. The van der Waals surface area contributed by atoms with Gasteiger partial charge in [-0.3, -0.25) is 4.79 Å². The average molecular weight is 353 g/mol. The molecule has 1 aliphatic carbocycles. The van der Waals surface area contributed by atoms with Crippen LogP contribution in [0.5, 0.6) is 0 Å². The van der Waals surface area contributed by atoms with Crippen molar-refractivity contribution in [2.75, 3.05) is 0 Å². The maximum atomic E-state index is 9.00. The number of aryl methyl sites for hydroxylation is 1. The monoisotopic (exact) mass is 353 g/mol. The largest absolute Gasteiger partial charge is 0.481 e. The SMILES string of the molecule is CC(=O)O.Cc1nc2ccccc2nc1-c1nccn1[C@@H]1CC[C@H](N)C1. The van der Waals surface area contributed by atoms with Gasteiger partial charge in [0.1, 0.15) is 5.69 Å². The van der Waals surface area contributed by atoms with Crippen LogP contribution in [0.25, 0.3) is 22.6 Å². The van der Waals surface area contributed by atoms with Gasteiger partial charge in [-0.2, -0.15) is 0 Å². The molecule has 0 amide bonds. The number of imidazole rings is 1. The van der Waals surface area contributed by atoms with Crippen molar-refractivity contribution >= 4 is 17.0 Å². The Morgan fingerprint density at radius 1 is 1.23 bits per heavy atom. The number of fused-ring (bicyclic) bond motifs is 1. The number of aliphatic carboxylic acids is 1. The predicted molar refractivity (Wildman–Crippen MR) is 99.7 cm³/mol. The van der Waals surface area contributed by atoms with Gasteiger partial charge in [0.05, 0.1) is 16.7 Å². The van der Waals surface area contributed by atoms with Crippen LogP contribution < -0.4 is 5.73 Å². The highest BCUT2D eigenvalue weighted by Crippen LogP contribution is 2.33. The summed E-state index contributed by atoms with van der Waals surface area (Å²) in [6, 6.07) is 8.66. The number of aromatic nitrogens is 4. The number of hydrogen-bond donors (Lipinski definition) is 2. The summed E-state index contributed by atoms with van der Waals surface area (Å²) in [5.41, 5.74) is 9.66. The highest BCUT2D eigenvalue weighted by Gasteiger charge is 2.26. The van der Waals surface area contributed by atoms with Crippen molar-refractivity contribution in [2.45, 2.75) is 45.2 Å². The van der Waals surface area contributed by atoms with Gasteiger partial charge in [-0.05, 0) is 38.3 Å². The number of benzene rings is 1. The Morgan fingerprint density at radius 3 is 2.50 bits per heavy atom. The lowest BCUT2D eigenvalue weighted by Crippen LogP contribution is -2.16. The van der Waals surface area contributed by atoms with Gasteiger partial charge in [-0.15, -0.1) is 0 Å². The summed E-state index contributed by atoms with van der Waals surface area (Å²) >= 11 is 0. The molecule has 1 aliphatic rings. The van der Waals surface area contributed by atoms with Crippen molar-refractivity contribution in [1.82, 2.24) is 19.5 Å². The van der Waals surface area contributed by atoms with E-state index in [1.807, 2.05) is 43.6 Å². The van der Waals surface area contributed by atoms with Gasteiger partial charge < -0.3 is 15.4 Å². The van der Waals surface area contributed by atoms with E-state index in [0.29, 0.717) is 12.1 Å². The number of carboxylic acids is 1. The molecule has 2 atom stereocenters. The molecule has 1 fully saturated rings. The fourth-order valence-electron chi connectivity index (χ4n) is 3.34. The molecule has 26 heavy (non-hydrogen) atoms. The molecule has 3 aromatic rings. The number of carboxylic acid groups (broad SMARTS) is 1. The standard InChI is InChI=1S/C17H19N5.C2H4O2/c1-11-16(21-15-5-3-2-4-14(15)20-11)17-19-8-9-22(17)13-7-6-12(18)10-13;1-2(3)4/h2-5,8-9,12-13H,6-7,10,18H2,1H3;1H3,(H,3,4)/t12-,13+;/m0./s1. The van der Waals surface area contributed by atoms with E-state index in [4.69, 9.17) is 20.6 Å². The quantitative estimate of drug-likeness (QED) is 0.733. The molecule has 4 rings (SSSR count). The first-order valence-corrected chi connectivity index (χ1v) is 8.67. The van der Waals surface area contributed by atoms with Crippen molar-refractivity contribution < 1.29 is 9.90 Å². The zero-order chi connectivity index (χ0) is 18.7. The van der Waals surface area contributed by atoms with Gasteiger partial charge in [0, 0.05) is 31.4 Å². The fourth-order valence-corrected chi connectivity index (χ4v) is 3.34. The van der Waals surface area contributed by atoms with Crippen LogP contribution in [0.3, 0.4) is 0 Å². The van der Waals surface area contributed by atoms with Crippen LogP contribution in [0, 0.1) is 6.92 Å². The smallest absolute Gasteiger partial charge is 0.300 e. The van der Waals surface area contributed by atoms with Gasteiger partial charge in [-0.1, -0.05) is 12.1 Å². The Bertz CT molecular complexity index is 917. The van der Waals surface area contributed by atoms with Crippen molar-refractivity contribution in [3.63, 3.8) is 0 Å². The molecule has 7 nitrogen and oxygen atoms in total. The molecule has 1 saturated carbocycles. The van der Waals surface area contributed by atoms with Crippen molar-refractivity contribution in [3.8, 4) is 11.5 Å². The van der Waals surface area contributed by atoms with E-state index in [1.165, 1.54) is 0 Å². The maximum absolute atomic E-state index is 9.00. The fraction of sp³-hybridized carbons (Fsp3) is 0.368. The van der Waals surface area contributed by atoms with Crippen molar-refractivity contribution in [2.24, 2.45) is 5.73 Å². The summed E-state index contributed by atoms with van der Waals surface area (Å²) in [6.07, 6.45) is 7.06. The second-order valence-corrected chi connectivity index (χ2v) is 6.55. The van der Waals surface area contributed by atoms with Crippen LogP contribution in [0.4, 0.5) is 0 Å². The van der Waals surface area contributed by atoms with Crippen LogP contribution in [0.15, 0.2) is 36.7 Å². The Balaban J connectivity index is 0.000000447. The maximum Gasteiger partial charge on any atom is 0.300 e. The minimum absolute atomic E-state index is 0.295. The molecular weight excluding hydrogens is 330 g/mol. The van der Waals surface area contributed by atoms with E-state index in [9.17, 15) is 0 Å². The van der Waals surface area contributed by atoms with E-state index in [2.05, 4.69) is 14.5 Å². The minimum Gasteiger partial charge on any atom is -0.481 e. The summed E-state index contributed by atoms with van der Waals surface area (Å²) in [5.74, 6) is 0.0647. The predicted octanol–water partition coefficient (Wildman–Crippen LogP) is 2.94.